The standard InChI is InChI=1S/C26H29ClN4.C25H27ClN4/c1-18-16-31(17-29-18)13-9-20-14-21-4-3-10-28-26(21)25(19-7-11-30(2)12-8-19)23-6-5-22(27)15-24(20)23;1-17-15-30(16-29-17)12-8-19-13-20-3-2-9-28-25(20)24(18-6-10-27-11-7-18)22-5-4-21(26)14-23(19)22/h3-6,10,14-17,19,25H,7-9,11-13H2,1-2H3;2-5,9,13-16,18,24,27H,6-8,10-12H2,1H3. The van der Waals surface area contributed by atoms with Crippen LogP contribution in [0.4, 0.5) is 0 Å². The summed E-state index contributed by atoms with van der Waals surface area (Å²) >= 11 is 13.0. The van der Waals surface area contributed by atoms with Crippen molar-refractivity contribution in [1.82, 2.24) is 39.3 Å². The molecule has 2 aliphatic heterocycles. The van der Waals surface area contributed by atoms with Crippen molar-refractivity contribution < 1.29 is 0 Å². The summed E-state index contributed by atoms with van der Waals surface area (Å²) in [5.74, 6) is 1.79. The molecule has 2 aliphatic carbocycles. The van der Waals surface area contributed by atoms with Crippen LogP contribution in [0.3, 0.4) is 0 Å². The zero-order valence-corrected chi connectivity index (χ0v) is 37.1. The van der Waals surface area contributed by atoms with Crippen LogP contribution >= 0.6 is 23.2 Å². The van der Waals surface area contributed by atoms with Gasteiger partial charge in [-0.25, -0.2) is 9.97 Å². The van der Waals surface area contributed by atoms with Gasteiger partial charge in [0.25, 0.3) is 0 Å². The van der Waals surface area contributed by atoms with Crippen LogP contribution in [0.1, 0.15) is 107 Å². The number of rotatable bonds is 8. The van der Waals surface area contributed by atoms with E-state index < -0.39 is 0 Å². The number of nitrogens with one attached hydrogen (secondary N) is 1. The van der Waals surface area contributed by atoms with E-state index in [0.29, 0.717) is 23.7 Å². The van der Waals surface area contributed by atoms with Crippen molar-refractivity contribution in [2.24, 2.45) is 11.8 Å². The fourth-order valence-electron chi connectivity index (χ4n) is 10.2. The highest BCUT2D eigenvalue weighted by Gasteiger charge is 2.35. The molecule has 10 rings (SSSR count). The number of imidazole rings is 2. The third-order valence-corrected chi connectivity index (χ3v) is 13.7. The van der Waals surface area contributed by atoms with E-state index in [1.165, 1.54) is 81.6 Å². The monoisotopic (exact) mass is 850 g/mol. The average molecular weight is 852 g/mol. The Hall–Kier alpha value is -4.86. The first-order valence-electron chi connectivity index (χ1n) is 22.0. The van der Waals surface area contributed by atoms with Gasteiger partial charge in [0.05, 0.1) is 35.4 Å². The molecular formula is C51H56Cl2N8. The molecule has 0 amide bonds. The van der Waals surface area contributed by atoms with Gasteiger partial charge in [0.15, 0.2) is 0 Å². The first-order valence-corrected chi connectivity index (χ1v) is 22.8. The van der Waals surface area contributed by atoms with Gasteiger partial charge in [-0.15, -0.1) is 0 Å². The number of fused-ring (bicyclic) bond motifs is 4. The van der Waals surface area contributed by atoms with Gasteiger partial charge in [0.2, 0.25) is 0 Å². The predicted molar refractivity (Wildman–Crippen MR) is 250 cm³/mol. The summed E-state index contributed by atoms with van der Waals surface area (Å²) in [7, 11) is 2.22. The summed E-state index contributed by atoms with van der Waals surface area (Å²) in [5.41, 5.74) is 15.0. The van der Waals surface area contributed by atoms with E-state index in [9.17, 15) is 0 Å². The van der Waals surface area contributed by atoms with Gasteiger partial charge in [-0.2, -0.15) is 0 Å². The van der Waals surface area contributed by atoms with Crippen molar-refractivity contribution in [2.45, 2.75) is 77.3 Å². The molecule has 0 bridgehead atoms. The topological polar surface area (TPSA) is 76.7 Å². The number of nitrogens with zero attached hydrogens (tertiary/aromatic N) is 7. The SMILES string of the molecule is Cc1cn(CCC2=Cc3cccnc3C(C3CCN(C)CC3)c3ccc(Cl)cc32)cn1.Cc1cn(CCC2=Cc3cccnc3C(C3CCNCC3)c3ccc(Cl)cc32)cn1. The Kier molecular flexibility index (Phi) is 12.7. The molecule has 0 radical (unpaired) electrons. The molecular weight excluding hydrogens is 796 g/mol. The first kappa shape index (κ1) is 41.5. The normalized spacial score (nSPS) is 19.2. The minimum Gasteiger partial charge on any atom is -0.337 e. The number of piperidine rings is 2. The van der Waals surface area contributed by atoms with Gasteiger partial charge in [-0.05, 0) is 191 Å². The van der Waals surface area contributed by atoms with Crippen molar-refractivity contribution in [3.8, 4) is 0 Å². The molecule has 2 atom stereocenters. The van der Waals surface area contributed by atoms with E-state index in [2.05, 4.69) is 109 Å². The summed E-state index contributed by atoms with van der Waals surface area (Å²) in [5, 5.41) is 5.10. The smallest absolute Gasteiger partial charge is 0.0949 e. The number of hydrogen-bond donors (Lipinski definition) is 1. The summed E-state index contributed by atoms with van der Waals surface area (Å²) in [6, 6.07) is 21.4. The van der Waals surface area contributed by atoms with E-state index in [1.54, 1.807) is 0 Å². The maximum Gasteiger partial charge on any atom is 0.0949 e. The van der Waals surface area contributed by atoms with Gasteiger partial charge in [-0.3, -0.25) is 9.97 Å². The number of pyridine rings is 2. The maximum absolute atomic E-state index is 6.51. The van der Waals surface area contributed by atoms with Crippen LogP contribution in [0.5, 0.6) is 0 Å². The molecule has 314 valence electrons. The van der Waals surface area contributed by atoms with E-state index >= 15 is 0 Å². The van der Waals surface area contributed by atoms with Crippen LogP contribution in [0.25, 0.3) is 23.3 Å². The predicted octanol–water partition coefficient (Wildman–Crippen LogP) is 11.0. The fraction of sp³-hybridized carbons (Fsp3) is 0.373. The van der Waals surface area contributed by atoms with Crippen molar-refractivity contribution in [1.29, 1.82) is 0 Å². The Bertz CT molecular complexity index is 2540. The van der Waals surface area contributed by atoms with Gasteiger partial charge in [0.1, 0.15) is 0 Å². The lowest BCUT2D eigenvalue weighted by Crippen LogP contribution is -2.33. The van der Waals surface area contributed by atoms with E-state index in [0.717, 1.165) is 73.5 Å². The van der Waals surface area contributed by atoms with Crippen molar-refractivity contribution in [3.63, 3.8) is 0 Å². The largest absolute Gasteiger partial charge is 0.337 e. The molecule has 6 heterocycles. The van der Waals surface area contributed by atoms with Crippen LogP contribution in [0, 0.1) is 25.7 Å². The number of hydrogen-bond acceptors (Lipinski definition) is 6. The summed E-state index contributed by atoms with van der Waals surface area (Å²) in [6.07, 6.45) is 23.2. The minimum absolute atomic E-state index is 0.305. The zero-order valence-electron chi connectivity index (χ0n) is 35.6. The number of benzene rings is 2. The van der Waals surface area contributed by atoms with Crippen molar-refractivity contribution in [3.05, 3.63) is 164 Å². The number of likely N-dealkylation sites (tertiary alicyclic amines) is 1. The fourth-order valence-corrected chi connectivity index (χ4v) is 10.5. The molecule has 4 aliphatic rings. The molecule has 0 spiro atoms. The Morgan fingerprint density at radius 2 is 1.10 bits per heavy atom. The second-order valence-electron chi connectivity index (χ2n) is 17.4. The number of allylic oxidation sites excluding steroid dienone is 2. The average Bonchev–Trinajstić information content (AvgIpc) is 3.83. The molecule has 2 unspecified atom stereocenters. The molecule has 4 aromatic heterocycles. The van der Waals surface area contributed by atoms with Crippen molar-refractivity contribution >= 4 is 46.5 Å². The van der Waals surface area contributed by atoms with Gasteiger partial charge in [-0.1, -0.05) is 47.5 Å². The molecule has 2 aromatic carbocycles. The number of halogens is 2. The van der Waals surface area contributed by atoms with Gasteiger partial charge in [0, 0.05) is 59.8 Å². The molecule has 1 N–H and O–H groups in total. The molecule has 6 aromatic rings. The molecule has 10 heteroatoms. The van der Waals surface area contributed by atoms with E-state index in [-0.39, 0.29) is 0 Å². The molecule has 2 fully saturated rings. The van der Waals surface area contributed by atoms with Crippen LogP contribution in [-0.4, -0.2) is 67.2 Å². The summed E-state index contributed by atoms with van der Waals surface area (Å²) in [4.78, 5) is 21.0. The van der Waals surface area contributed by atoms with E-state index in [1.807, 2.05) is 51.0 Å². The highest BCUT2D eigenvalue weighted by Crippen LogP contribution is 2.47. The lowest BCUT2D eigenvalue weighted by atomic mass is 9.76. The van der Waals surface area contributed by atoms with Crippen LogP contribution in [0.2, 0.25) is 10.0 Å². The minimum atomic E-state index is 0.305. The second kappa shape index (κ2) is 18.6. The Balaban J connectivity index is 0.000000156. The van der Waals surface area contributed by atoms with Gasteiger partial charge < -0.3 is 19.4 Å². The molecule has 8 nitrogen and oxygen atoms in total. The third-order valence-electron chi connectivity index (χ3n) is 13.3. The highest BCUT2D eigenvalue weighted by molar-refractivity contribution is 6.31. The second-order valence-corrected chi connectivity index (χ2v) is 18.3. The quantitative estimate of drug-likeness (QED) is 0.164. The van der Waals surface area contributed by atoms with Crippen LogP contribution in [-0.2, 0) is 13.1 Å². The number of aryl methyl sites for hydroxylation is 4. The van der Waals surface area contributed by atoms with Crippen LogP contribution < -0.4 is 5.32 Å². The molecule has 0 saturated carbocycles. The lowest BCUT2D eigenvalue weighted by Gasteiger charge is -2.35. The Morgan fingerprint density at radius 1 is 0.623 bits per heavy atom. The third kappa shape index (κ3) is 9.34. The highest BCUT2D eigenvalue weighted by atomic mass is 35.5. The zero-order chi connectivity index (χ0) is 41.9. The van der Waals surface area contributed by atoms with E-state index in [4.69, 9.17) is 33.2 Å². The lowest BCUT2D eigenvalue weighted by molar-refractivity contribution is 0.206. The van der Waals surface area contributed by atoms with Crippen LogP contribution in [0.15, 0.2) is 98.1 Å². The van der Waals surface area contributed by atoms with Crippen molar-refractivity contribution in [2.75, 3.05) is 33.2 Å². The summed E-state index contributed by atoms with van der Waals surface area (Å²) < 4.78 is 4.34. The molecule has 2 saturated heterocycles. The molecule has 61 heavy (non-hydrogen) atoms. The Labute approximate surface area is 370 Å². The Morgan fingerprint density at radius 3 is 1.56 bits per heavy atom. The maximum atomic E-state index is 6.51. The number of aromatic nitrogens is 6. The van der Waals surface area contributed by atoms with Gasteiger partial charge >= 0.3 is 0 Å². The first-order chi connectivity index (χ1) is 29.8. The summed E-state index contributed by atoms with van der Waals surface area (Å²) in [6.45, 7) is 10.3.